The molecule has 0 spiro atoms. The second kappa shape index (κ2) is 8.18. The number of hydrogen-bond acceptors (Lipinski definition) is 9. The molecule has 0 amide bonds. The van der Waals surface area contributed by atoms with Gasteiger partial charge in [-0.05, 0) is 13.8 Å². The molecule has 2 aromatic heterocycles. The molecule has 27 heavy (non-hydrogen) atoms. The van der Waals surface area contributed by atoms with E-state index < -0.39 is 0 Å². The first-order valence-electron chi connectivity index (χ1n) is 9.75. The standard InChI is InChI=1S/C18H27N7O2/c1-3-23(4-2)16-14-13-19-17(24-5-9-26-10-6-24)20-15(14)21-18(22-16)25-7-11-27-12-8-25/h13H,3-12H2,1-2H3. The molecule has 2 saturated heterocycles. The fourth-order valence-electron chi connectivity index (χ4n) is 3.47. The van der Waals surface area contributed by atoms with Crippen molar-refractivity contribution >= 4 is 28.7 Å². The van der Waals surface area contributed by atoms with Gasteiger partial charge in [-0.2, -0.15) is 15.0 Å². The van der Waals surface area contributed by atoms with Gasteiger partial charge in [-0.15, -0.1) is 0 Å². The Labute approximate surface area is 159 Å². The molecule has 0 unspecified atom stereocenters. The summed E-state index contributed by atoms with van der Waals surface area (Å²) in [5, 5.41) is 0.896. The molecule has 2 fully saturated rings. The lowest BCUT2D eigenvalue weighted by Crippen LogP contribution is -2.38. The quantitative estimate of drug-likeness (QED) is 0.760. The molecule has 0 aliphatic carbocycles. The molecule has 0 aromatic carbocycles. The molecule has 2 aromatic rings. The molecular weight excluding hydrogens is 346 g/mol. The van der Waals surface area contributed by atoms with E-state index in [1.54, 1.807) is 0 Å². The summed E-state index contributed by atoms with van der Waals surface area (Å²) in [4.78, 5) is 25.6. The highest BCUT2D eigenvalue weighted by Crippen LogP contribution is 2.27. The van der Waals surface area contributed by atoms with E-state index in [9.17, 15) is 0 Å². The Bertz CT molecular complexity index is 766. The topological polar surface area (TPSA) is 79.7 Å². The van der Waals surface area contributed by atoms with Crippen molar-refractivity contribution in [1.82, 2.24) is 19.9 Å². The van der Waals surface area contributed by atoms with Crippen molar-refractivity contribution in [2.24, 2.45) is 0 Å². The van der Waals surface area contributed by atoms with Gasteiger partial charge in [0.05, 0.1) is 31.8 Å². The fraction of sp³-hybridized carbons (Fsp3) is 0.667. The second-order valence-electron chi connectivity index (χ2n) is 6.63. The highest BCUT2D eigenvalue weighted by atomic mass is 16.5. The molecule has 146 valence electrons. The Morgan fingerprint density at radius 1 is 0.852 bits per heavy atom. The Balaban J connectivity index is 1.78. The first kappa shape index (κ1) is 18.1. The lowest BCUT2D eigenvalue weighted by atomic mass is 10.3. The Kier molecular flexibility index (Phi) is 5.49. The zero-order valence-corrected chi connectivity index (χ0v) is 16.1. The molecule has 9 nitrogen and oxygen atoms in total. The third-order valence-electron chi connectivity index (χ3n) is 5.06. The summed E-state index contributed by atoms with van der Waals surface area (Å²) in [7, 11) is 0. The van der Waals surface area contributed by atoms with Crippen LogP contribution in [0.25, 0.3) is 11.0 Å². The Hall–Kier alpha value is -2.26. The van der Waals surface area contributed by atoms with Crippen LogP contribution in [0.5, 0.6) is 0 Å². The van der Waals surface area contributed by atoms with Crippen molar-refractivity contribution in [2.75, 3.05) is 80.4 Å². The van der Waals surface area contributed by atoms with Crippen molar-refractivity contribution in [1.29, 1.82) is 0 Å². The molecule has 0 N–H and O–H groups in total. The van der Waals surface area contributed by atoms with Gasteiger partial charge < -0.3 is 24.2 Å². The van der Waals surface area contributed by atoms with E-state index in [-0.39, 0.29) is 0 Å². The maximum Gasteiger partial charge on any atom is 0.229 e. The number of anilines is 3. The Morgan fingerprint density at radius 3 is 2.00 bits per heavy atom. The molecule has 9 heteroatoms. The van der Waals surface area contributed by atoms with Crippen LogP contribution in [-0.4, -0.2) is 85.6 Å². The smallest absolute Gasteiger partial charge is 0.229 e. The van der Waals surface area contributed by atoms with Gasteiger partial charge >= 0.3 is 0 Å². The first-order valence-corrected chi connectivity index (χ1v) is 9.75. The van der Waals surface area contributed by atoms with Gasteiger partial charge in [0.25, 0.3) is 0 Å². The predicted molar refractivity (Wildman–Crippen MR) is 105 cm³/mol. The van der Waals surface area contributed by atoms with Crippen LogP contribution in [-0.2, 0) is 9.47 Å². The lowest BCUT2D eigenvalue weighted by Gasteiger charge is -2.29. The molecule has 2 aliphatic rings. The lowest BCUT2D eigenvalue weighted by molar-refractivity contribution is 0.122. The molecule has 0 saturated carbocycles. The minimum absolute atomic E-state index is 0.699. The molecule has 4 rings (SSSR count). The van der Waals surface area contributed by atoms with Gasteiger partial charge in [-0.1, -0.05) is 0 Å². The molecule has 2 aliphatic heterocycles. The van der Waals surface area contributed by atoms with Gasteiger partial charge in [0.15, 0.2) is 5.65 Å². The normalized spacial score (nSPS) is 18.1. The van der Waals surface area contributed by atoms with Gasteiger partial charge in [0.1, 0.15) is 5.82 Å². The van der Waals surface area contributed by atoms with E-state index in [0.717, 1.165) is 56.4 Å². The van der Waals surface area contributed by atoms with Crippen LogP contribution in [0.3, 0.4) is 0 Å². The average molecular weight is 373 g/mol. The number of aromatic nitrogens is 4. The molecule has 0 bridgehead atoms. The third-order valence-corrected chi connectivity index (χ3v) is 5.06. The summed E-state index contributed by atoms with van der Waals surface area (Å²) in [6.07, 6.45) is 1.86. The number of morpholine rings is 2. The summed E-state index contributed by atoms with van der Waals surface area (Å²) < 4.78 is 10.9. The number of hydrogen-bond donors (Lipinski definition) is 0. The third kappa shape index (κ3) is 3.74. The minimum atomic E-state index is 0.699. The summed E-state index contributed by atoms with van der Waals surface area (Å²) in [6, 6.07) is 0. The summed E-state index contributed by atoms with van der Waals surface area (Å²) >= 11 is 0. The van der Waals surface area contributed by atoms with Gasteiger partial charge in [0, 0.05) is 45.5 Å². The SMILES string of the molecule is CCN(CC)c1nc(N2CCOCC2)nc2nc(N3CCOCC3)ncc12. The average Bonchev–Trinajstić information content (AvgIpc) is 2.75. The van der Waals surface area contributed by atoms with E-state index in [1.165, 1.54) is 0 Å². The van der Waals surface area contributed by atoms with Crippen molar-refractivity contribution in [2.45, 2.75) is 13.8 Å². The highest BCUT2D eigenvalue weighted by molar-refractivity contribution is 5.88. The van der Waals surface area contributed by atoms with Gasteiger partial charge in [-0.25, -0.2) is 4.98 Å². The van der Waals surface area contributed by atoms with Crippen LogP contribution < -0.4 is 14.7 Å². The van der Waals surface area contributed by atoms with E-state index in [1.807, 2.05) is 6.20 Å². The van der Waals surface area contributed by atoms with Crippen LogP contribution in [0.2, 0.25) is 0 Å². The van der Waals surface area contributed by atoms with Crippen LogP contribution >= 0.6 is 0 Å². The summed E-state index contributed by atoms with van der Waals surface area (Å²) in [5.41, 5.74) is 0.699. The van der Waals surface area contributed by atoms with E-state index >= 15 is 0 Å². The molecule has 4 heterocycles. The van der Waals surface area contributed by atoms with Crippen molar-refractivity contribution in [3.8, 4) is 0 Å². The van der Waals surface area contributed by atoms with Gasteiger partial charge in [-0.3, -0.25) is 0 Å². The van der Waals surface area contributed by atoms with Crippen LogP contribution in [0, 0.1) is 0 Å². The number of nitrogens with zero attached hydrogens (tertiary/aromatic N) is 7. The van der Waals surface area contributed by atoms with Crippen LogP contribution in [0.4, 0.5) is 17.7 Å². The van der Waals surface area contributed by atoms with Crippen molar-refractivity contribution < 1.29 is 9.47 Å². The van der Waals surface area contributed by atoms with Crippen molar-refractivity contribution in [3.05, 3.63) is 6.20 Å². The molecule has 0 atom stereocenters. The van der Waals surface area contributed by atoms with Crippen LogP contribution in [0.15, 0.2) is 6.20 Å². The van der Waals surface area contributed by atoms with E-state index in [0.29, 0.717) is 38.0 Å². The fourth-order valence-corrected chi connectivity index (χ4v) is 3.47. The largest absolute Gasteiger partial charge is 0.378 e. The highest BCUT2D eigenvalue weighted by Gasteiger charge is 2.21. The minimum Gasteiger partial charge on any atom is -0.378 e. The first-order chi connectivity index (χ1) is 13.3. The zero-order chi connectivity index (χ0) is 18.6. The van der Waals surface area contributed by atoms with Crippen LogP contribution in [0.1, 0.15) is 13.8 Å². The van der Waals surface area contributed by atoms with E-state index in [4.69, 9.17) is 24.4 Å². The number of fused-ring (bicyclic) bond motifs is 1. The predicted octanol–water partition coefficient (Wildman–Crippen LogP) is 0.939. The molecule has 0 radical (unpaired) electrons. The maximum atomic E-state index is 5.48. The van der Waals surface area contributed by atoms with Gasteiger partial charge in [0.2, 0.25) is 11.9 Å². The second-order valence-corrected chi connectivity index (χ2v) is 6.63. The molecular formula is C18H27N7O2. The monoisotopic (exact) mass is 373 g/mol. The number of ether oxygens (including phenoxy) is 2. The summed E-state index contributed by atoms with van der Waals surface area (Å²) in [5.74, 6) is 2.34. The van der Waals surface area contributed by atoms with Crippen molar-refractivity contribution in [3.63, 3.8) is 0 Å². The van der Waals surface area contributed by atoms with E-state index in [2.05, 4.69) is 33.5 Å². The number of rotatable bonds is 5. The Morgan fingerprint density at radius 2 is 1.41 bits per heavy atom. The zero-order valence-electron chi connectivity index (χ0n) is 16.1. The maximum absolute atomic E-state index is 5.48. The summed E-state index contributed by atoms with van der Waals surface area (Å²) in [6.45, 7) is 12.0.